The second-order valence-electron chi connectivity index (χ2n) is 4.61. The third kappa shape index (κ3) is 3.11. The number of aryl methyl sites for hydroxylation is 2. The summed E-state index contributed by atoms with van der Waals surface area (Å²) in [6, 6.07) is 12.0. The third-order valence-electron chi connectivity index (χ3n) is 2.95. The fourth-order valence-corrected chi connectivity index (χ4v) is 3.09. The van der Waals surface area contributed by atoms with Crippen LogP contribution in [-0.4, -0.2) is 15.5 Å². The van der Waals surface area contributed by atoms with E-state index in [0.29, 0.717) is 5.69 Å². The van der Waals surface area contributed by atoms with Crippen LogP contribution in [0.25, 0.3) is 0 Å². The Balaban J connectivity index is 2.31. The van der Waals surface area contributed by atoms with E-state index in [1.165, 1.54) is 0 Å². The molecule has 0 amide bonds. The average molecular weight is 291 g/mol. The third-order valence-corrected chi connectivity index (χ3v) is 4.33. The summed E-state index contributed by atoms with van der Waals surface area (Å²) in [7, 11) is -1.98. The summed E-state index contributed by atoms with van der Waals surface area (Å²) in [5.74, 6) is 0.725. The van der Waals surface area contributed by atoms with Crippen LogP contribution in [0.4, 0.5) is 5.69 Å². The number of hydrogen-bond donors (Lipinski definition) is 1. The average Bonchev–Trinajstić information content (AvgIpc) is 2.38. The van der Waals surface area contributed by atoms with E-state index < -0.39 is 10.0 Å². The largest absolute Gasteiger partial charge is 0.496 e. The second-order valence-corrected chi connectivity index (χ2v) is 6.29. The highest BCUT2D eigenvalue weighted by atomic mass is 32.2. The van der Waals surface area contributed by atoms with Crippen LogP contribution in [0.3, 0.4) is 0 Å². The van der Waals surface area contributed by atoms with E-state index >= 15 is 0 Å². The summed E-state index contributed by atoms with van der Waals surface area (Å²) in [4.78, 5) is 0.256. The van der Waals surface area contributed by atoms with Gasteiger partial charge in [0.05, 0.1) is 12.0 Å². The van der Waals surface area contributed by atoms with Gasteiger partial charge in [0.1, 0.15) is 5.75 Å². The molecular weight excluding hydrogens is 274 g/mol. The van der Waals surface area contributed by atoms with Gasteiger partial charge in [-0.15, -0.1) is 0 Å². The standard InChI is InChI=1S/C15H17NO3S/c1-11-5-4-6-14(9-11)20(17,18)16-13-7-8-15(19-3)12(2)10-13/h4-10,16H,1-3H3. The van der Waals surface area contributed by atoms with Gasteiger partial charge in [0.15, 0.2) is 0 Å². The lowest BCUT2D eigenvalue weighted by Gasteiger charge is -2.11. The molecule has 4 nitrogen and oxygen atoms in total. The van der Waals surface area contributed by atoms with Crippen molar-refractivity contribution >= 4 is 15.7 Å². The molecule has 0 fully saturated rings. The molecule has 0 radical (unpaired) electrons. The number of anilines is 1. The Morgan fingerprint density at radius 3 is 2.40 bits per heavy atom. The second kappa shape index (κ2) is 5.54. The zero-order valence-corrected chi connectivity index (χ0v) is 12.5. The Kier molecular flexibility index (Phi) is 3.99. The van der Waals surface area contributed by atoms with E-state index in [1.807, 2.05) is 19.9 Å². The maximum Gasteiger partial charge on any atom is 0.261 e. The van der Waals surface area contributed by atoms with Crippen molar-refractivity contribution in [3.05, 3.63) is 53.6 Å². The van der Waals surface area contributed by atoms with Crippen molar-refractivity contribution in [2.75, 3.05) is 11.8 Å². The van der Waals surface area contributed by atoms with Crippen LogP contribution in [0.5, 0.6) is 5.75 Å². The van der Waals surface area contributed by atoms with Crippen molar-refractivity contribution in [1.29, 1.82) is 0 Å². The van der Waals surface area contributed by atoms with Crippen LogP contribution in [0.1, 0.15) is 11.1 Å². The molecule has 0 bridgehead atoms. The van der Waals surface area contributed by atoms with Crippen LogP contribution in [0.15, 0.2) is 47.4 Å². The van der Waals surface area contributed by atoms with Gasteiger partial charge in [-0.05, 0) is 55.3 Å². The molecule has 2 aromatic carbocycles. The minimum atomic E-state index is -3.56. The number of sulfonamides is 1. The van der Waals surface area contributed by atoms with Gasteiger partial charge in [-0.2, -0.15) is 0 Å². The highest BCUT2D eigenvalue weighted by Gasteiger charge is 2.14. The number of hydrogen-bond acceptors (Lipinski definition) is 3. The molecule has 0 aliphatic heterocycles. The van der Waals surface area contributed by atoms with Crippen molar-refractivity contribution in [3.8, 4) is 5.75 Å². The molecule has 0 heterocycles. The van der Waals surface area contributed by atoms with Gasteiger partial charge >= 0.3 is 0 Å². The van der Waals surface area contributed by atoms with Crippen molar-refractivity contribution < 1.29 is 13.2 Å². The lowest BCUT2D eigenvalue weighted by molar-refractivity contribution is 0.412. The molecule has 0 aliphatic rings. The molecular formula is C15H17NO3S. The van der Waals surface area contributed by atoms with Crippen LogP contribution in [0.2, 0.25) is 0 Å². The molecule has 20 heavy (non-hydrogen) atoms. The van der Waals surface area contributed by atoms with Crippen LogP contribution < -0.4 is 9.46 Å². The summed E-state index contributed by atoms with van der Waals surface area (Å²) in [5.41, 5.74) is 2.29. The fraction of sp³-hybridized carbons (Fsp3) is 0.200. The smallest absolute Gasteiger partial charge is 0.261 e. The molecule has 106 valence electrons. The molecule has 1 N–H and O–H groups in total. The van der Waals surface area contributed by atoms with Gasteiger partial charge in [0, 0.05) is 5.69 Å². The minimum Gasteiger partial charge on any atom is -0.496 e. The van der Waals surface area contributed by atoms with E-state index in [4.69, 9.17) is 4.74 Å². The topological polar surface area (TPSA) is 55.4 Å². The van der Waals surface area contributed by atoms with Gasteiger partial charge in [-0.25, -0.2) is 8.42 Å². The van der Waals surface area contributed by atoms with Gasteiger partial charge in [0.2, 0.25) is 0 Å². The monoisotopic (exact) mass is 291 g/mol. The van der Waals surface area contributed by atoms with Crippen LogP contribution >= 0.6 is 0 Å². The molecule has 0 aliphatic carbocycles. The molecule has 5 heteroatoms. The van der Waals surface area contributed by atoms with E-state index in [1.54, 1.807) is 43.5 Å². The van der Waals surface area contributed by atoms with Gasteiger partial charge in [-0.3, -0.25) is 4.72 Å². The number of benzene rings is 2. The summed E-state index contributed by atoms with van der Waals surface area (Å²) >= 11 is 0. The Bertz CT molecular complexity index is 724. The molecule has 0 aromatic heterocycles. The summed E-state index contributed by atoms with van der Waals surface area (Å²) in [5, 5.41) is 0. The van der Waals surface area contributed by atoms with E-state index in [-0.39, 0.29) is 4.90 Å². The fourth-order valence-electron chi connectivity index (χ4n) is 1.94. The lowest BCUT2D eigenvalue weighted by atomic mass is 10.2. The summed E-state index contributed by atoms with van der Waals surface area (Å²) < 4.78 is 32.3. The number of rotatable bonds is 4. The summed E-state index contributed by atoms with van der Waals surface area (Å²) in [6.07, 6.45) is 0. The van der Waals surface area contributed by atoms with Crippen LogP contribution in [-0.2, 0) is 10.0 Å². The molecule has 2 aromatic rings. The maximum atomic E-state index is 12.3. The van der Waals surface area contributed by atoms with Crippen LogP contribution in [0, 0.1) is 13.8 Å². The van der Waals surface area contributed by atoms with Gasteiger partial charge in [-0.1, -0.05) is 12.1 Å². The van der Waals surface area contributed by atoms with Crippen molar-refractivity contribution in [1.82, 2.24) is 0 Å². The highest BCUT2D eigenvalue weighted by molar-refractivity contribution is 7.92. The zero-order chi connectivity index (χ0) is 14.8. The predicted octanol–water partition coefficient (Wildman–Crippen LogP) is 3.11. The normalized spacial score (nSPS) is 11.2. The van der Waals surface area contributed by atoms with Crippen molar-refractivity contribution in [2.24, 2.45) is 0 Å². The van der Waals surface area contributed by atoms with Gasteiger partial charge < -0.3 is 4.74 Å². The Labute approximate surface area is 119 Å². The first-order valence-corrected chi connectivity index (χ1v) is 7.65. The Morgan fingerprint density at radius 1 is 1.05 bits per heavy atom. The zero-order valence-electron chi connectivity index (χ0n) is 11.7. The maximum absolute atomic E-state index is 12.3. The molecule has 0 unspecified atom stereocenters. The SMILES string of the molecule is COc1ccc(NS(=O)(=O)c2cccc(C)c2)cc1C. The summed E-state index contributed by atoms with van der Waals surface area (Å²) in [6.45, 7) is 3.72. The van der Waals surface area contributed by atoms with E-state index in [0.717, 1.165) is 16.9 Å². The highest BCUT2D eigenvalue weighted by Crippen LogP contribution is 2.23. The van der Waals surface area contributed by atoms with Gasteiger partial charge in [0.25, 0.3) is 10.0 Å². The Hall–Kier alpha value is -2.01. The number of methoxy groups -OCH3 is 1. The van der Waals surface area contributed by atoms with Crippen molar-refractivity contribution in [3.63, 3.8) is 0 Å². The number of ether oxygens (including phenoxy) is 1. The lowest BCUT2D eigenvalue weighted by Crippen LogP contribution is -2.13. The first-order chi connectivity index (χ1) is 9.42. The first kappa shape index (κ1) is 14.4. The molecule has 0 atom stereocenters. The van der Waals surface area contributed by atoms with E-state index in [2.05, 4.69) is 4.72 Å². The number of nitrogens with one attached hydrogen (secondary N) is 1. The van der Waals surface area contributed by atoms with Crippen molar-refractivity contribution in [2.45, 2.75) is 18.7 Å². The Morgan fingerprint density at radius 2 is 1.80 bits per heavy atom. The molecule has 0 saturated heterocycles. The van der Waals surface area contributed by atoms with E-state index in [9.17, 15) is 8.42 Å². The molecule has 0 saturated carbocycles. The molecule has 2 rings (SSSR count). The quantitative estimate of drug-likeness (QED) is 0.941. The predicted molar refractivity (Wildman–Crippen MR) is 79.7 cm³/mol. The first-order valence-electron chi connectivity index (χ1n) is 6.16. The molecule has 0 spiro atoms. The minimum absolute atomic E-state index is 0.256.